The van der Waals surface area contributed by atoms with E-state index >= 15 is 0 Å². The zero-order valence-electron chi connectivity index (χ0n) is 14.7. The lowest BCUT2D eigenvalue weighted by Gasteiger charge is -2.11. The SMILES string of the molecule is C=C(Cl)CSc1nnc(CCNC(=O)COC)n1-c1ccc(OC)cc1. The number of halogens is 1. The summed E-state index contributed by atoms with van der Waals surface area (Å²) in [5, 5.41) is 12.5. The molecule has 140 valence electrons. The molecule has 9 heteroatoms. The van der Waals surface area contributed by atoms with Crippen LogP contribution in [0.5, 0.6) is 5.75 Å². The summed E-state index contributed by atoms with van der Waals surface area (Å²) in [4.78, 5) is 11.5. The van der Waals surface area contributed by atoms with Crippen molar-refractivity contribution in [3.05, 3.63) is 41.7 Å². The third kappa shape index (κ3) is 5.76. The Kier molecular flexibility index (Phi) is 7.96. The van der Waals surface area contributed by atoms with Crippen LogP contribution in [-0.4, -0.2) is 53.8 Å². The highest BCUT2D eigenvalue weighted by Crippen LogP contribution is 2.25. The normalized spacial score (nSPS) is 10.6. The van der Waals surface area contributed by atoms with E-state index in [-0.39, 0.29) is 12.5 Å². The van der Waals surface area contributed by atoms with E-state index in [1.807, 2.05) is 28.8 Å². The lowest BCUT2D eigenvalue weighted by Crippen LogP contribution is -2.29. The number of nitrogens with zero attached hydrogens (tertiary/aromatic N) is 3. The van der Waals surface area contributed by atoms with Crippen LogP contribution in [0, 0.1) is 0 Å². The number of nitrogens with one attached hydrogen (secondary N) is 1. The van der Waals surface area contributed by atoms with Gasteiger partial charge in [0.25, 0.3) is 0 Å². The number of ether oxygens (including phenoxy) is 2. The van der Waals surface area contributed by atoms with Crippen LogP contribution in [0.25, 0.3) is 5.69 Å². The summed E-state index contributed by atoms with van der Waals surface area (Å²) in [6.07, 6.45) is 0.525. The largest absolute Gasteiger partial charge is 0.497 e. The van der Waals surface area contributed by atoms with Gasteiger partial charge in [0.2, 0.25) is 5.91 Å². The Morgan fingerprint density at radius 1 is 1.31 bits per heavy atom. The van der Waals surface area contributed by atoms with Crippen molar-refractivity contribution in [2.75, 3.05) is 33.1 Å². The van der Waals surface area contributed by atoms with Gasteiger partial charge in [-0.05, 0) is 24.3 Å². The molecule has 7 nitrogen and oxygen atoms in total. The topological polar surface area (TPSA) is 78.3 Å². The van der Waals surface area contributed by atoms with Crippen LogP contribution < -0.4 is 10.1 Å². The van der Waals surface area contributed by atoms with E-state index in [0.29, 0.717) is 28.9 Å². The molecule has 0 bridgehead atoms. The average molecular weight is 397 g/mol. The highest BCUT2D eigenvalue weighted by Gasteiger charge is 2.15. The van der Waals surface area contributed by atoms with Crippen LogP contribution in [0.15, 0.2) is 41.0 Å². The minimum absolute atomic E-state index is 0.0319. The van der Waals surface area contributed by atoms with Gasteiger partial charge < -0.3 is 14.8 Å². The van der Waals surface area contributed by atoms with Gasteiger partial charge in [0, 0.05) is 36.5 Å². The first-order valence-corrected chi connectivity index (χ1v) is 9.22. The maximum atomic E-state index is 11.5. The summed E-state index contributed by atoms with van der Waals surface area (Å²) in [7, 11) is 3.10. The van der Waals surface area contributed by atoms with Crippen molar-refractivity contribution in [1.82, 2.24) is 20.1 Å². The molecule has 2 rings (SSSR count). The smallest absolute Gasteiger partial charge is 0.245 e. The molecule has 0 saturated heterocycles. The van der Waals surface area contributed by atoms with Gasteiger partial charge >= 0.3 is 0 Å². The van der Waals surface area contributed by atoms with Crippen molar-refractivity contribution >= 4 is 29.3 Å². The maximum absolute atomic E-state index is 11.5. The zero-order chi connectivity index (χ0) is 18.9. The summed E-state index contributed by atoms with van der Waals surface area (Å²) >= 11 is 7.32. The Hall–Kier alpha value is -2.03. The highest BCUT2D eigenvalue weighted by molar-refractivity contribution is 7.99. The van der Waals surface area contributed by atoms with Gasteiger partial charge in [-0.2, -0.15) is 0 Å². The molecule has 1 N–H and O–H groups in total. The Labute approximate surface area is 161 Å². The van der Waals surface area contributed by atoms with Crippen LogP contribution >= 0.6 is 23.4 Å². The van der Waals surface area contributed by atoms with Crippen molar-refractivity contribution < 1.29 is 14.3 Å². The number of aromatic nitrogens is 3. The van der Waals surface area contributed by atoms with Crippen LogP contribution in [0.2, 0.25) is 0 Å². The van der Waals surface area contributed by atoms with Crippen LogP contribution in [-0.2, 0) is 16.0 Å². The van der Waals surface area contributed by atoms with Gasteiger partial charge in [0.05, 0.1) is 7.11 Å². The third-order valence-electron chi connectivity index (χ3n) is 3.34. The minimum atomic E-state index is -0.170. The van der Waals surface area contributed by atoms with Gasteiger partial charge in [0.1, 0.15) is 18.2 Å². The highest BCUT2D eigenvalue weighted by atomic mass is 35.5. The van der Waals surface area contributed by atoms with E-state index in [1.54, 1.807) is 7.11 Å². The van der Waals surface area contributed by atoms with Gasteiger partial charge in [-0.3, -0.25) is 9.36 Å². The fourth-order valence-electron chi connectivity index (χ4n) is 2.19. The monoisotopic (exact) mass is 396 g/mol. The number of rotatable bonds is 10. The summed E-state index contributed by atoms with van der Waals surface area (Å²) in [6, 6.07) is 7.59. The predicted octanol–water partition coefficient (Wildman–Crippen LogP) is 2.43. The van der Waals surface area contributed by atoms with Crippen molar-refractivity contribution in [2.45, 2.75) is 11.6 Å². The number of carbonyl (C=O) groups is 1. The van der Waals surface area contributed by atoms with E-state index in [4.69, 9.17) is 21.1 Å². The minimum Gasteiger partial charge on any atom is -0.497 e. The lowest BCUT2D eigenvalue weighted by molar-refractivity contribution is -0.124. The number of thioether (sulfide) groups is 1. The second-order valence-corrected chi connectivity index (χ2v) is 6.75. The summed E-state index contributed by atoms with van der Waals surface area (Å²) in [5.74, 6) is 1.85. The van der Waals surface area contributed by atoms with Crippen LogP contribution in [0.4, 0.5) is 0 Å². The molecule has 1 heterocycles. The van der Waals surface area contributed by atoms with Crippen LogP contribution in [0.3, 0.4) is 0 Å². The first-order valence-electron chi connectivity index (χ1n) is 7.85. The van der Waals surface area contributed by atoms with E-state index < -0.39 is 0 Å². The first-order chi connectivity index (χ1) is 12.5. The Morgan fingerprint density at radius 3 is 2.65 bits per heavy atom. The van der Waals surface area contributed by atoms with E-state index in [2.05, 4.69) is 22.1 Å². The fourth-order valence-corrected chi connectivity index (χ4v) is 3.07. The molecule has 2 aromatic rings. The van der Waals surface area contributed by atoms with Crippen LogP contribution in [0.1, 0.15) is 5.82 Å². The van der Waals surface area contributed by atoms with E-state index in [0.717, 1.165) is 17.3 Å². The van der Waals surface area contributed by atoms with Gasteiger partial charge in [-0.15, -0.1) is 10.2 Å². The molecule has 0 aliphatic carbocycles. The summed E-state index contributed by atoms with van der Waals surface area (Å²) in [6.45, 7) is 4.17. The van der Waals surface area contributed by atoms with Crippen molar-refractivity contribution in [3.8, 4) is 11.4 Å². The average Bonchev–Trinajstić information content (AvgIpc) is 3.03. The standard InChI is InChI=1S/C17H21ClN4O3S/c1-12(18)11-26-17-21-20-15(8-9-19-16(23)10-24-2)22(17)13-4-6-14(25-3)7-5-13/h4-7H,1,8-11H2,2-3H3,(H,19,23). The molecule has 0 spiro atoms. The third-order valence-corrected chi connectivity index (χ3v) is 4.64. The maximum Gasteiger partial charge on any atom is 0.245 e. The first kappa shape index (κ1) is 20.3. The molecule has 1 aromatic carbocycles. The molecule has 0 radical (unpaired) electrons. The number of carbonyl (C=O) groups excluding carboxylic acids is 1. The Morgan fingerprint density at radius 2 is 2.04 bits per heavy atom. The lowest BCUT2D eigenvalue weighted by atomic mass is 10.3. The molecule has 0 aliphatic heterocycles. The second-order valence-electron chi connectivity index (χ2n) is 5.27. The molecule has 1 amide bonds. The van der Waals surface area contributed by atoms with E-state index in [9.17, 15) is 4.79 Å². The van der Waals surface area contributed by atoms with Gasteiger partial charge in [0.15, 0.2) is 5.16 Å². The van der Waals surface area contributed by atoms with Gasteiger partial charge in [-0.25, -0.2) is 0 Å². The predicted molar refractivity (Wildman–Crippen MR) is 102 cm³/mol. The second kappa shape index (κ2) is 10.2. The Bertz CT molecular complexity index is 749. The molecular weight excluding hydrogens is 376 g/mol. The Balaban J connectivity index is 2.20. The molecule has 0 saturated carbocycles. The number of benzene rings is 1. The molecule has 0 fully saturated rings. The molecule has 0 aliphatic rings. The zero-order valence-corrected chi connectivity index (χ0v) is 16.3. The number of methoxy groups -OCH3 is 2. The summed E-state index contributed by atoms with van der Waals surface area (Å²) in [5.41, 5.74) is 0.900. The quantitative estimate of drug-likeness (QED) is 0.621. The van der Waals surface area contributed by atoms with Crippen molar-refractivity contribution in [2.24, 2.45) is 0 Å². The molecular formula is C17H21ClN4O3S. The number of hydrogen-bond acceptors (Lipinski definition) is 6. The van der Waals surface area contributed by atoms with Gasteiger partial charge in [-0.1, -0.05) is 29.9 Å². The number of amides is 1. The summed E-state index contributed by atoms with van der Waals surface area (Å²) < 4.78 is 11.9. The molecule has 0 atom stereocenters. The van der Waals surface area contributed by atoms with E-state index in [1.165, 1.54) is 18.9 Å². The van der Waals surface area contributed by atoms with Crippen molar-refractivity contribution in [1.29, 1.82) is 0 Å². The van der Waals surface area contributed by atoms with Crippen molar-refractivity contribution in [3.63, 3.8) is 0 Å². The molecule has 1 aromatic heterocycles. The molecule has 26 heavy (non-hydrogen) atoms. The number of hydrogen-bond donors (Lipinski definition) is 1. The molecule has 0 unspecified atom stereocenters. The fraction of sp³-hybridized carbons (Fsp3) is 0.353.